The van der Waals surface area contributed by atoms with Crippen LogP contribution in [-0.2, 0) is 23.7 Å². The fourth-order valence-electron chi connectivity index (χ4n) is 0.0224. The molecule has 0 fully saturated rings. The van der Waals surface area contributed by atoms with Crippen LogP contribution in [0.25, 0.3) is 0 Å². The van der Waals surface area contributed by atoms with E-state index in [2.05, 4.69) is 0 Å². The third kappa shape index (κ3) is 21.0. The van der Waals surface area contributed by atoms with Gasteiger partial charge in [0.25, 0.3) is 0 Å². The second-order valence-electron chi connectivity index (χ2n) is 2.00. The van der Waals surface area contributed by atoms with Gasteiger partial charge in [-0.25, -0.2) is 19.2 Å². The molecule has 0 aromatic heterocycles. The van der Waals surface area contributed by atoms with Gasteiger partial charge in [-0.2, -0.15) is 10.5 Å². The Morgan fingerprint density at radius 2 is 0.895 bits per heavy atom. The monoisotopic (exact) mass is 296 g/mol. The van der Waals surface area contributed by atoms with E-state index in [1.165, 1.54) is 0 Å². The van der Waals surface area contributed by atoms with Crippen molar-refractivity contribution in [1.82, 2.24) is 0 Å². The molecule has 0 radical (unpaired) electrons. The van der Waals surface area contributed by atoms with Crippen molar-refractivity contribution < 1.29 is 49.1 Å². The van der Waals surface area contributed by atoms with Gasteiger partial charge < -0.3 is 25.3 Å². The molecule has 19 heavy (non-hydrogen) atoms. The lowest BCUT2D eigenvalue weighted by Crippen LogP contribution is -2.09. The summed E-state index contributed by atoms with van der Waals surface area (Å²) in [6.07, 6.45) is 0. The molecule has 104 valence electrons. The SMILES string of the molecule is N#CP(=O)(O)C#N.O=C(O)C(=O)O.O=C(O)C(=O)O. The Bertz CT molecular complexity index is 431. The van der Waals surface area contributed by atoms with Crippen LogP contribution < -0.4 is 0 Å². The molecule has 0 amide bonds. The van der Waals surface area contributed by atoms with Crippen molar-refractivity contribution in [2.24, 2.45) is 0 Å². The Labute approximate surface area is 103 Å². The van der Waals surface area contributed by atoms with Gasteiger partial charge in [0.2, 0.25) is 0 Å². The summed E-state index contributed by atoms with van der Waals surface area (Å²) >= 11 is 0. The van der Waals surface area contributed by atoms with Crippen LogP contribution in [0.5, 0.6) is 0 Å². The van der Waals surface area contributed by atoms with Crippen LogP contribution in [0, 0.1) is 22.1 Å². The Morgan fingerprint density at radius 1 is 0.737 bits per heavy atom. The van der Waals surface area contributed by atoms with Gasteiger partial charge in [-0.05, 0) is 0 Å². The lowest BCUT2D eigenvalue weighted by atomic mass is 10.7. The highest BCUT2D eigenvalue weighted by Crippen LogP contribution is 2.35. The van der Waals surface area contributed by atoms with Gasteiger partial charge >= 0.3 is 31.2 Å². The van der Waals surface area contributed by atoms with Gasteiger partial charge in [0.1, 0.15) is 0 Å². The fourth-order valence-corrected chi connectivity index (χ4v) is 0.0671. The van der Waals surface area contributed by atoms with Crippen molar-refractivity contribution in [1.29, 1.82) is 10.5 Å². The minimum absolute atomic E-state index is 0.941. The van der Waals surface area contributed by atoms with E-state index in [1.54, 1.807) is 0 Å². The Balaban J connectivity index is -0.000000203. The second-order valence-corrected chi connectivity index (χ2v) is 3.55. The number of hydrogen-bond donors (Lipinski definition) is 5. The van der Waals surface area contributed by atoms with Crippen molar-refractivity contribution in [3.05, 3.63) is 0 Å². The first-order valence-corrected chi connectivity index (χ1v) is 5.15. The van der Waals surface area contributed by atoms with Crippen LogP contribution in [0.15, 0.2) is 0 Å². The zero-order valence-electron chi connectivity index (χ0n) is 8.62. The summed E-state index contributed by atoms with van der Waals surface area (Å²) < 4.78 is 9.78. The molecular weight excluding hydrogens is 291 g/mol. The highest BCUT2D eigenvalue weighted by molar-refractivity contribution is 7.67. The molecule has 0 atom stereocenters. The van der Waals surface area contributed by atoms with Gasteiger partial charge in [0.15, 0.2) is 11.6 Å². The fraction of sp³-hybridized carbons (Fsp3) is 0. The summed E-state index contributed by atoms with van der Waals surface area (Å²) in [6, 6.07) is 0. The van der Waals surface area contributed by atoms with E-state index in [0.29, 0.717) is 0 Å². The summed E-state index contributed by atoms with van der Waals surface area (Å²) in [5, 5.41) is 44.8. The van der Waals surface area contributed by atoms with Gasteiger partial charge in [0, 0.05) is 0 Å². The first-order valence-electron chi connectivity index (χ1n) is 3.49. The van der Waals surface area contributed by atoms with E-state index in [1.807, 2.05) is 0 Å². The van der Waals surface area contributed by atoms with E-state index in [-0.39, 0.29) is 0 Å². The number of hydrogen-bond acceptors (Lipinski definition) is 7. The standard InChI is InChI=1S/C2HN2O2P.2C2H2O4/c3-1-7(5,6)2-4;2*3-1(4)2(5)6/h(H,5,6);2*(H,3,4)(H,5,6). The quantitative estimate of drug-likeness (QED) is 0.254. The topological polar surface area (TPSA) is 234 Å². The molecule has 13 heteroatoms. The molecule has 5 N–H and O–H groups in total. The predicted molar refractivity (Wildman–Crippen MR) is 51.6 cm³/mol. The number of carboxylic acids is 4. The Kier molecular flexibility index (Phi) is 11.5. The first-order chi connectivity index (χ1) is 8.41. The van der Waals surface area contributed by atoms with Crippen LogP contribution >= 0.6 is 7.37 Å². The minimum atomic E-state index is -4.04. The minimum Gasteiger partial charge on any atom is -0.473 e. The first kappa shape index (κ1) is 21.3. The third-order valence-corrected chi connectivity index (χ3v) is 1.18. The second kappa shape index (κ2) is 10.2. The molecule has 0 aromatic carbocycles. The summed E-state index contributed by atoms with van der Waals surface area (Å²) in [5.74, 6) is -5.41. The maximum Gasteiger partial charge on any atom is 0.414 e. The van der Waals surface area contributed by atoms with Gasteiger partial charge in [-0.15, -0.1) is 0 Å². The summed E-state index contributed by atoms with van der Waals surface area (Å²) in [5.41, 5.74) is 0. The van der Waals surface area contributed by atoms with Crippen molar-refractivity contribution >= 4 is 31.2 Å². The zero-order valence-corrected chi connectivity index (χ0v) is 9.51. The average molecular weight is 296 g/mol. The number of nitrogens with zero attached hydrogens (tertiary/aromatic N) is 2. The molecule has 0 rings (SSSR count). The summed E-state index contributed by atoms with van der Waals surface area (Å²) in [4.78, 5) is 44.4. The molecule has 0 bridgehead atoms. The van der Waals surface area contributed by atoms with Gasteiger partial charge in [-0.1, -0.05) is 0 Å². The normalized spacial score (nSPS) is 7.95. The van der Waals surface area contributed by atoms with Crippen molar-refractivity contribution in [3.8, 4) is 11.6 Å². The van der Waals surface area contributed by atoms with Crippen LogP contribution in [0.1, 0.15) is 0 Å². The van der Waals surface area contributed by atoms with Gasteiger partial charge in [0.05, 0.1) is 0 Å². The third-order valence-electron chi connectivity index (χ3n) is 0.637. The molecule has 0 aliphatic carbocycles. The summed E-state index contributed by atoms with van der Waals surface area (Å²) in [6.45, 7) is 0. The molecular formula is C6H5N2O10P. The maximum atomic E-state index is 9.78. The molecule has 0 saturated heterocycles. The predicted octanol–water partition coefficient (Wildman–Crippen LogP) is -1.47. The highest BCUT2D eigenvalue weighted by Gasteiger charge is 2.12. The molecule has 0 aliphatic heterocycles. The van der Waals surface area contributed by atoms with Crippen molar-refractivity contribution in [3.63, 3.8) is 0 Å². The molecule has 12 nitrogen and oxygen atoms in total. The van der Waals surface area contributed by atoms with Crippen LogP contribution in [0.3, 0.4) is 0 Å². The van der Waals surface area contributed by atoms with E-state index < -0.39 is 31.2 Å². The molecule has 0 spiro atoms. The lowest BCUT2D eigenvalue weighted by molar-refractivity contribution is -0.159. The number of rotatable bonds is 0. The number of carboxylic acid groups (broad SMARTS) is 4. The number of nitriles is 2. The van der Waals surface area contributed by atoms with E-state index in [0.717, 1.165) is 11.6 Å². The van der Waals surface area contributed by atoms with Crippen LogP contribution in [-0.4, -0.2) is 49.2 Å². The van der Waals surface area contributed by atoms with Crippen LogP contribution in [0.4, 0.5) is 0 Å². The average Bonchev–Trinajstić information content (AvgIpc) is 2.30. The van der Waals surface area contributed by atoms with Crippen molar-refractivity contribution in [2.45, 2.75) is 0 Å². The Hall–Kier alpha value is -2.95. The molecule has 0 aromatic rings. The smallest absolute Gasteiger partial charge is 0.414 e. The molecule has 0 aliphatic rings. The Morgan fingerprint density at radius 3 is 0.895 bits per heavy atom. The van der Waals surface area contributed by atoms with E-state index >= 15 is 0 Å². The van der Waals surface area contributed by atoms with E-state index in [9.17, 15) is 4.57 Å². The van der Waals surface area contributed by atoms with Crippen LogP contribution in [0.2, 0.25) is 0 Å². The number of carbonyl (C=O) groups is 4. The van der Waals surface area contributed by atoms with E-state index in [4.69, 9.17) is 55.0 Å². The summed E-state index contributed by atoms with van der Waals surface area (Å²) in [7, 11) is -4.04. The van der Waals surface area contributed by atoms with Gasteiger partial charge in [-0.3, -0.25) is 4.57 Å². The molecule has 0 unspecified atom stereocenters. The molecule has 0 saturated carbocycles. The maximum absolute atomic E-state index is 9.78. The highest BCUT2D eigenvalue weighted by atomic mass is 31.2. The number of aliphatic carboxylic acids is 4. The lowest BCUT2D eigenvalue weighted by Gasteiger charge is -1.77. The largest absolute Gasteiger partial charge is 0.473 e. The van der Waals surface area contributed by atoms with Crippen molar-refractivity contribution in [2.75, 3.05) is 0 Å². The zero-order chi connectivity index (χ0) is 16.2. The molecule has 0 heterocycles.